The molecular weight excluding hydrogens is 464 g/mol. The summed E-state index contributed by atoms with van der Waals surface area (Å²) < 4.78 is 2.47. The first-order chi connectivity index (χ1) is 13.4. The molecule has 3 aromatic rings. The van der Waals surface area contributed by atoms with Gasteiger partial charge >= 0.3 is 11.3 Å². The van der Waals surface area contributed by atoms with Crippen LogP contribution < -0.4 is 15.1 Å². The quantitative estimate of drug-likeness (QED) is 0.450. The molecule has 1 aliphatic heterocycles. The topological polar surface area (TPSA) is 69.9 Å². The second kappa shape index (κ2) is 7.35. The highest BCUT2D eigenvalue weighted by Gasteiger charge is 2.45. The van der Waals surface area contributed by atoms with Crippen molar-refractivity contribution in [1.29, 1.82) is 0 Å². The largest absolute Gasteiger partial charge is 0.325 e. The van der Waals surface area contributed by atoms with E-state index in [9.17, 15) is 9.59 Å². The second-order valence-electron chi connectivity index (χ2n) is 6.24. The molecular formula is C19H15BrClN4O2S+. The van der Waals surface area contributed by atoms with Crippen molar-refractivity contribution in [3.63, 3.8) is 0 Å². The van der Waals surface area contributed by atoms with Crippen LogP contribution in [0.1, 0.15) is 18.7 Å². The van der Waals surface area contributed by atoms with E-state index in [0.717, 1.165) is 10.0 Å². The summed E-state index contributed by atoms with van der Waals surface area (Å²) in [6.45, 7) is 1.50. The van der Waals surface area contributed by atoms with Crippen molar-refractivity contribution in [2.24, 2.45) is 0 Å². The third kappa shape index (κ3) is 3.15. The molecule has 0 saturated heterocycles. The number of nitrogens with zero attached hydrogens (tertiary/aromatic N) is 3. The zero-order valence-electron chi connectivity index (χ0n) is 14.9. The van der Waals surface area contributed by atoms with Gasteiger partial charge in [0.2, 0.25) is 11.1 Å². The molecule has 1 aliphatic rings. The van der Waals surface area contributed by atoms with E-state index < -0.39 is 6.17 Å². The van der Waals surface area contributed by atoms with Crippen LogP contribution in [-0.2, 0) is 4.79 Å². The van der Waals surface area contributed by atoms with E-state index in [1.165, 1.54) is 18.7 Å². The number of H-pyrrole nitrogens is 1. The SMILES string of the molecule is CSc1n[n+]2c(c(=O)[nH]1)-c1cc(Cl)ccc1N(C(C)=O)C2c1cccc(Br)c1. The minimum Gasteiger partial charge on any atom is -0.291 e. The van der Waals surface area contributed by atoms with Gasteiger partial charge in [-0.3, -0.25) is 14.6 Å². The Labute approximate surface area is 178 Å². The Morgan fingerprint density at radius 2 is 2.11 bits per heavy atom. The lowest BCUT2D eigenvalue weighted by atomic mass is 10.0. The maximum absolute atomic E-state index is 13.0. The summed E-state index contributed by atoms with van der Waals surface area (Å²) in [5, 5.41) is 5.55. The van der Waals surface area contributed by atoms with Crippen LogP contribution in [0.15, 0.2) is 56.9 Å². The number of anilines is 1. The van der Waals surface area contributed by atoms with Gasteiger partial charge in [-0.05, 0) is 41.3 Å². The summed E-state index contributed by atoms with van der Waals surface area (Å²) in [5.41, 5.74) is 2.08. The molecule has 0 radical (unpaired) electrons. The number of nitrogens with one attached hydrogen (secondary N) is 1. The van der Waals surface area contributed by atoms with Crippen LogP contribution in [0.3, 0.4) is 0 Å². The van der Waals surface area contributed by atoms with Gasteiger partial charge in [-0.25, -0.2) is 4.90 Å². The third-order valence-corrected chi connectivity index (χ3v) is 5.79. The van der Waals surface area contributed by atoms with Crippen LogP contribution in [0.25, 0.3) is 11.3 Å². The summed E-state index contributed by atoms with van der Waals surface area (Å²) in [6, 6.07) is 12.8. The van der Waals surface area contributed by atoms with E-state index >= 15 is 0 Å². The first-order valence-electron chi connectivity index (χ1n) is 8.36. The van der Waals surface area contributed by atoms with Crippen molar-refractivity contribution in [2.75, 3.05) is 11.2 Å². The summed E-state index contributed by atoms with van der Waals surface area (Å²) in [6.07, 6.45) is 1.22. The lowest BCUT2D eigenvalue weighted by Gasteiger charge is -2.31. The average molecular weight is 479 g/mol. The number of aromatic amines is 1. The Morgan fingerprint density at radius 3 is 2.79 bits per heavy atom. The van der Waals surface area contributed by atoms with Gasteiger partial charge in [-0.1, -0.05) is 51.4 Å². The monoisotopic (exact) mass is 477 g/mol. The van der Waals surface area contributed by atoms with E-state index in [-0.39, 0.29) is 11.5 Å². The molecule has 0 saturated carbocycles. The zero-order valence-corrected chi connectivity index (χ0v) is 18.1. The van der Waals surface area contributed by atoms with Crippen molar-refractivity contribution >= 4 is 50.9 Å². The van der Waals surface area contributed by atoms with Gasteiger partial charge in [-0.15, -0.1) is 0 Å². The van der Waals surface area contributed by atoms with Gasteiger partial charge in [0, 0.05) is 27.1 Å². The van der Waals surface area contributed by atoms with Gasteiger partial charge in [0.15, 0.2) is 0 Å². The number of rotatable bonds is 2. The molecule has 6 nitrogen and oxygen atoms in total. The smallest absolute Gasteiger partial charge is 0.291 e. The molecule has 2 aromatic carbocycles. The lowest BCUT2D eigenvalue weighted by Crippen LogP contribution is -2.60. The third-order valence-electron chi connectivity index (χ3n) is 4.49. The van der Waals surface area contributed by atoms with Crippen molar-refractivity contribution in [2.45, 2.75) is 18.2 Å². The van der Waals surface area contributed by atoms with Gasteiger partial charge in [0.05, 0.1) is 11.3 Å². The molecule has 0 bridgehead atoms. The Balaban J connectivity index is 2.12. The standard InChI is InChI=1S/C19H14BrClN4O2S/c1-10(26)24-15-7-6-13(21)9-14(15)16-17(27)22-19(28-2)23-25(16)18(24)11-4-3-5-12(20)8-11/h3-9,18H,1-2H3/p+1. The van der Waals surface area contributed by atoms with Gasteiger partial charge in [-0.2, -0.15) is 0 Å². The summed E-state index contributed by atoms with van der Waals surface area (Å²) >= 11 is 11.0. The summed E-state index contributed by atoms with van der Waals surface area (Å²) in [4.78, 5) is 30.1. The van der Waals surface area contributed by atoms with Crippen molar-refractivity contribution < 1.29 is 9.48 Å². The highest BCUT2D eigenvalue weighted by molar-refractivity contribution is 9.10. The predicted molar refractivity (Wildman–Crippen MR) is 113 cm³/mol. The molecule has 0 spiro atoms. The highest BCUT2D eigenvalue weighted by atomic mass is 79.9. The van der Waals surface area contributed by atoms with E-state index in [1.807, 2.05) is 30.5 Å². The summed E-state index contributed by atoms with van der Waals surface area (Å²) in [5.74, 6) is -0.167. The van der Waals surface area contributed by atoms with Crippen LogP contribution in [0.2, 0.25) is 5.02 Å². The maximum atomic E-state index is 13.0. The average Bonchev–Trinajstić information content (AvgIpc) is 2.66. The Hall–Kier alpha value is -2.16. The van der Waals surface area contributed by atoms with Crippen LogP contribution in [0, 0.1) is 0 Å². The molecule has 28 heavy (non-hydrogen) atoms. The van der Waals surface area contributed by atoms with Crippen molar-refractivity contribution in [3.05, 3.63) is 67.9 Å². The number of carbonyl (C=O) groups is 1. The molecule has 1 aromatic heterocycles. The van der Waals surface area contributed by atoms with Gasteiger partial charge in [0.25, 0.3) is 6.17 Å². The van der Waals surface area contributed by atoms with Crippen LogP contribution in [-0.4, -0.2) is 22.2 Å². The Kier molecular flexibility index (Phi) is 5.03. The molecule has 1 atom stereocenters. The predicted octanol–water partition coefficient (Wildman–Crippen LogP) is 3.78. The van der Waals surface area contributed by atoms with E-state index in [4.69, 9.17) is 11.6 Å². The normalized spacial score (nSPS) is 15.1. The minimum atomic E-state index is -0.605. The fourth-order valence-corrected chi connectivity index (χ4v) is 4.35. The zero-order chi connectivity index (χ0) is 20.0. The number of hydrogen-bond donors (Lipinski definition) is 1. The fraction of sp³-hybridized carbons (Fsp3) is 0.158. The number of thioether (sulfide) groups is 1. The van der Waals surface area contributed by atoms with Crippen LogP contribution >= 0.6 is 39.3 Å². The number of hydrogen-bond acceptors (Lipinski definition) is 4. The number of fused-ring (bicyclic) bond motifs is 3. The van der Waals surface area contributed by atoms with E-state index in [2.05, 4.69) is 26.0 Å². The van der Waals surface area contributed by atoms with Crippen molar-refractivity contribution in [1.82, 2.24) is 10.1 Å². The number of amides is 1. The van der Waals surface area contributed by atoms with Crippen LogP contribution in [0.4, 0.5) is 5.69 Å². The number of carbonyl (C=O) groups excluding carboxylic acids is 1. The van der Waals surface area contributed by atoms with Gasteiger partial charge in [0.1, 0.15) is 0 Å². The second-order valence-corrected chi connectivity index (χ2v) is 8.38. The lowest BCUT2D eigenvalue weighted by molar-refractivity contribution is -0.763. The van der Waals surface area contributed by atoms with E-state index in [1.54, 1.807) is 27.8 Å². The first kappa shape index (κ1) is 19.2. The molecule has 0 aliphatic carbocycles. The van der Waals surface area contributed by atoms with E-state index in [0.29, 0.717) is 27.1 Å². The molecule has 1 N–H and O–H groups in total. The number of halogens is 2. The number of aromatic nitrogens is 3. The summed E-state index contributed by atoms with van der Waals surface area (Å²) in [7, 11) is 0. The molecule has 9 heteroatoms. The Morgan fingerprint density at radius 1 is 1.32 bits per heavy atom. The number of benzene rings is 2. The highest BCUT2D eigenvalue weighted by Crippen LogP contribution is 2.39. The molecule has 1 unspecified atom stereocenters. The fourth-order valence-electron chi connectivity index (χ4n) is 3.40. The van der Waals surface area contributed by atoms with Gasteiger partial charge < -0.3 is 0 Å². The Bertz CT molecular complexity index is 1170. The first-order valence-corrected chi connectivity index (χ1v) is 10.8. The molecule has 142 valence electrons. The maximum Gasteiger partial charge on any atom is 0.325 e. The molecule has 0 fully saturated rings. The van der Waals surface area contributed by atoms with Crippen LogP contribution in [0.5, 0.6) is 0 Å². The molecule has 4 rings (SSSR count). The molecule has 1 amide bonds. The van der Waals surface area contributed by atoms with Crippen molar-refractivity contribution in [3.8, 4) is 11.3 Å². The molecule has 2 heterocycles. The minimum absolute atomic E-state index is 0.167.